The van der Waals surface area contributed by atoms with Crippen molar-refractivity contribution in [1.29, 1.82) is 0 Å². The molecule has 0 bridgehead atoms. The highest BCUT2D eigenvalue weighted by Gasteiger charge is 2.28. The third-order valence-corrected chi connectivity index (χ3v) is 5.86. The van der Waals surface area contributed by atoms with E-state index in [0.717, 1.165) is 50.1 Å². The van der Waals surface area contributed by atoms with Gasteiger partial charge in [-0.25, -0.2) is 0 Å². The molecule has 1 fully saturated rings. The lowest BCUT2D eigenvalue weighted by Crippen LogP contribution is -2.37. The summed E-state index contributed by atoms with van der Waals surface area (Å²) in [6.07, 6.45) is 0. The van der Waals surface area contributed by atoms with Gasteiger partial charge in [-0.2, -0.15) is 0 Å². The number of hydrogen-bond donors (Lipinski definition) is 1. The van der Waals surface area contributed by atoms with E-state index < -0.39 is 0 Å². The molecule has 156 valence electrons. The normalized spacial score (nSPS) is 19.3. The van der Waals surface area contributed by atoms with Gasteiger partial charge in [-0.3, -0.25) is 4.79 Å². The van der Waals surface area contributed by atoms with Gasteiger partial charge in [0.05, 0.1) is 13.2 Å². The van der Waals surface area contributed by atoms with Crippen molar-refractivity contribution in [2.45, 2.75) is 26.8 Å². The predicted molar refractivity (Wildman–Crippen MR) is 120 cm³/mol. The van der Waals surface area contributed by atoms with Crippen LogP contribution in [0.1, 0.15) is 37.0 Å². The Morgan fingerprint density at radius 3 is 2.52 bits per heavy atom. The Kier molecular flexibility index (Phi) is 6.83. The number of likely N-dealkylation sites (N-methyl/N-ethyl adjacent to an activating group) is 1. The number of halogens is 1. The summed E-state index contributed by atoms with van der Waals surface area (Å²) in [4.78, 5) is 16.0. The Morgan fingerprint density at radius 1 is 1.17 bits per heavy atom. The molecule has 2 heterocycles. The highest BCUT2D eigenvalue weighted by Crippen LogP contribution is 2.39. The van der Waals surface area contributed by atoms with Gasteiger partial charge >= 0.3 is 0 Å². The van der Waals surface area contributed by atoms with Crippen molar-refractivity contribution in [1.82, 2.24) is 4.90 Å². The molecule has 0 spiro atoms. The number of anilines is 2. The number of ether oxygens (including phenoxy) is 1. The average molecular weight is 416 g/mol. The minimum Gasteiger partial charge on any atom is -0.378 e. The Morgan fingerprint density at radius 2 is 1.86 bits per heavy atom. The minimum atomic E-state index is -0.0579. The van der Waals surface area contributed by atoms with E-state index in [9.17, 15) is 4.79 Å². The lowest BCUT2D eigenvalue weighted by atomic mass is 9.84. The summed E-state index contributed by atoms with van der Waals surface area (Å²) < 4.78 is 5.50. The van der Waals surface area contributed by atoms with Crippen LogP contribution >= 0.6 is 11.6 Å². The van der Waals surface area contributed by atoms with Gasteiger partial charge in [-0.15, -0.1) is 0 Å². The molecule has 1 atom stereocenters. The molecule has 2 aromatic rings. The summed E-state index contributed by atoms with van der Waals surface area (Å²) in [6, 6.07) is 12.6. The Balaban J connectivity index is 0.00000240. The highest BCUT2D eigenvalue weighted by molar-refractivity contribution is 6.31. The second kappa shape index (κ2) is 9.16. The number of nitrogens with one attached hydrogen (secondary N) is 1. The first kappa shape index (κ1) is 21.6. The first-order valence-electron chi connectivity index (χ1n) is 9.72. The molecule has 1 unspecified atom stereocenters. The van der Waals surface area contributed by atoms with Crippen LogP contribution in [0.5, 0.6) is 0 Å². The van der Waals surface area contributed by atoms with Crippen LogP contribution in [0.25, 0.3) is 0 Å². The van der Waals surface area contributed by atoms with Crippen molar-refractivity contribution in [2.75, 3.05) is 50.1 Å². The molecule has 0 saturated carbocycles. The summed E-state index contributed by atoms with van der Waals surface area (Å²) >= 11 is 6.74. The number of benzene rings is 2. The monoisotopic (exact) mass is 415 g/mol. The van der Waals surface area contributed by atoms with Crippen LogP contribution in [0.4, 0.5) is 11.4 Å². The summed E-state index contributed by atoms with van der Waals surface area (Å²) in [5, 5.41) is 3.67. The van der Waals surface area contributed by atoms with Crippen molar-refractivity contribution >= 4 is 28.9 Å². The van der Waals surface area contributed by atoms with Gasteiger partial charge in [0.1, 0.15) is 0 Å². The molecule has 0 aliphatic carbocycles. The Hall–Kier alpha value is -2.08. The smallest absolute Gasteiger partial charge is 0.221 e. The van der Waals surface area contributed by atoms with Crippen molar-refractivity contribution in [3.05, 3.63) is 58.1 Å². The molecule has 2 aliphatic heterocycles. The summed E-state index contributed by atoms with van der Waals surface area (Å²) in [5.41, 5.74) is 5.75. The molecule has 1 amide bonds. The van der Waals surface area contributed by atoms with Crippen molar-refractivity contribution in [3.8, 4) is 0 Å². The first-order chi connectivity index (χ1) is 13.5. The van der Waals surface area contributed by atoms with Gasteiger partial charge in [0, 0.05) is 55.4 Å². The molecule has 2 aromatic carbocycles. The van der Waals surface area contributed by atoms with Gasteiger partial charge in [0.25, 0.3) is 0 Å². The lowest BCUT2D eigenvalue weighted by molar-refractivity contribution is -0.114. The van der Waals surface area contributed by atoms with Crippen LogP contribution in [0.2, 0.25) is 5.02 Å². The number of nitrogens with zero attached hydrogens (tertiary/aromatic N) is 2. The van der Waals surface area contributed by atoms with Gasteiger partial charge in [0.15, 0.2) is 0 Å². The summed E-state index contributed by atoms with van der Waals surface area (Å²) in [7, 11) is 2.13. The molecule has 1 N–H and O–H groups in total. The number of amides is 1. The van der Waals surface area contributed by atoms with Gasteiger partial charge in [0.2, 0.25) is 5.91 Å². The van der Waals surface area contributed by atoms with E-state index in [0.29, 0.717) is 0 Å². The second-order valence-electron chi connectivity index (χ2n) is 7.65. The van der Waals surface area contributed by atoms with Crippen LogP contribution in [-0.4, -0.2) is 50.7 Å². The van der Waals surface area contributed by atoms with E-state index in [1.807, 2.05) is 12.1 Å². The fourth-order valence-electron chi connectivity index (χ4n) is 4.16. The van der Waals surface area contributed by atoms with E-state index >= 15 is 0 Å². The SMILES string of the molecule is C.CC(=O)Nc1ccc(C2CN(C)Cc3c(Cl)cc(N4CCOCC4)cc32)cc1. The average Bonchev–Trinajstić information content (AvgIpc) is 2.69. The zero-order chi connectivity index (χ0) is 19.7. The van der Waals surface area contributed by atoms with Gasteiger partial charge < -0.3 is 19.9 Å². The largest absolute Gasteiger partial charge is 0.378 e. The number of morpholine rings is 1. The third kappa shape index (κ3) is 4.74. The second-order valence-corrected chi connectivity index (χ2v) is 8.05. The molecule has 0 aromatic heterocycles. The highest BCUT2D eigenvalue weighted by atomic mass is 35.5. The molecule has 2 aliphatic rings. The van der Waals surface area contributed by atoms with Gasteiger partial charge in [-0.1, -0.05) is 31.2 Å². The summed E-state index contributed by atoms with van der Waals surface area (Å²) in [5.74, 6) is 0.191. The van der Waals surface area contributed by atoms with E-state index in [2.05, 4.69) is 46.4 Å². The van der Waals surface area contributed by atoms with Crippen molar-refractivity contribution in [2.24, 2.45) is 0 Å². The molecular weight excluding hydrogens is 386 g/mol. The van der Waals surface area contributed by atoms with Crippen LogP contribution in [-0.2, 0) is 16.1 Å². The number of carbonyl (C=O) groups excluding carboxylic acids is 1. The molecule has 5 nitrogen and oxygen atoms in total. The molecule has 4 rings (SSSR count). The molecule has 6 heteroatoms. The maximum atomic E-state index is 11.3. The molecule has 0 radical (unpaired) electrons. The van der Waals surface area contributed by atoms with Crippen molar-refractivity contribution < 1.29 is 9.53 Å². The third-order valence-electron chi connectivity index (χ3n) is 5.52. The zero-order valence-electron chi connectivity index (χ0n) is 16.4. The zero-order valence-corrected chi connectivity index (χ0v) is 17.1. The first-order valence-corrected chi connectivity index (χ1v) is 10.1. The summed E-state index contributed by atoms with van der Waals surface area (Å²) in [6.45, 7) is 6.62. The number of carbonyl (C=O) groups is 1. The quantitative estimate of drug-likeness (QED) is 0.809. The van der Waals surface area contributed by atoms with E-state index in [1.54, 1.807) is 0 Å². The van der Waals surface area contributed by atoms with E-state index in [4.69, 9.17) is 16.3 Å². The lowest BCUT2D eigenvalue weighted by Gasteiger charge is -2.36. The minimum absolute atomic E-state index is 0. The molecule has 1 saturated heterocycles. The van der Waals surface area contributed by atoms with Crippen LogP contribution in [0.15, 0.2) is 36.4 Å². The van der Waals surface area contributed by atoms with Crippen LogP contribution in [0.3, 0.4) is 0 Å². The number of rotatable bonds is 3. The number of hydrogen-bond acceptors (Lipinski definition) is 4. The topological polar surface area (TPSA) is 44.8 Å². The van der Waals surface area contributed by atoms with Gasteiger partial charge in [-0.05, 0) is 48.0 Å². The maximum Gasteiger partial charge on any atom is 0.221 e. The van der Waals surface area contributed by atoms with Crippen LogP contribution in [0, 0.1) is 0 Å². The fourth-order valence-corrected chi connectivity index (χ4v) is 4.44. The maximum absolute atomic E-state index is 11.3. The fraction of sp³-hybridized carbons (Fsp3) is 0.435. The van der Waals surface area contributed by atoms with Crippen LogP contribution < -0.4 is 10.2 Å². The Bertz CT molecular complexity index is 863. The Labute approximate surface area is 178 Å². The predicted octanol–water partition coefficient (Wildman–Crippen LogP) is 4.35. The molecular formula is C23H30ClN3O2. The number of fused-ring (bicyclic) bond motifs is 1. The molecule has 29 heavy (non-hydrogen) atoms. The van der Waals surface area contributed by atoms with E-state index in [1.165, 1.54) is 29.3 Å². The van der Waals surface area contributed by atoms with E-state index in [-0.39, 0.29) is 19.3 Å². The standard InChI is InChI=1S/C22H26ClN3O2.CH4/c1-15(27)24-17-5-3-16(4-6-17)20-13-25(2)14-21-19(20)11-18(12-22(21)23)26-7-9-28-10-8-26;/h3-6,11-12,20H,7-10,13-14H2,1-2H3,(H,24,27);1H4. The van der Waals surface area contributed by atoms with Crippen molar-refractivity contribution in [3.63, 3.8) is 0 Å².